The van der Waals surface area contributed by atoms with Crippen LogP contribution >= 0.6 is 0 Å². The number of ether oxygens (including phenoxy) is 1. The lowest BCUT2D eigenvalue weighted by Crippen LogP contribution is -2.38. The number of likely N-dealkylation sites (N-methyl/N-ethyl adjacent to an activating group) is 1. The van der Waals surface area contributed by atoms with Crippen LogP contribution in [0.5, 0.6) is 0 Å². The van der Waals surface area contributed by atoms with Crippen molar-refractivity contribution >= 4 is 17.7 Å². The molecule has 0 spiro atoms. The van der Waals surface area contributed by atoms with Crippen molar-refractivity contribution < 1.29 is 19.1 Å². The molecule has 0 atom stereocenters. The molecule has 7 heteroatoms. The lowest BCUT2D eigenvalue weighted by Gasteiger charge is -2.10. The van der Waals surface area contributed by atoms with Crippen molar-refractivity contribution in [2.24, 2.45) is 0 Å². The van der Waals surface area contributed by atoms with E-state index in [2.05, 4.69) is 28.1 Å². The summed E-state index contributed by atoms with van der Waals surface area (Å²) in [4.78, 5) is 34.4. The number of nitrogens with one attached hydrogen (secondary N) is 3. The molecule has 1 rings (SSSR count). The molecule has 0 unspecified atom stereocenters. The molecule has 1 aromatic rings. The normalized spacial score (nSPS) is 10.9. The fraction of sp³-hybridized carbons (Fsp3) is 0.500. The molecule has 0 radical (unpaired) electrons. The quantitative estimate of drug-likeness (QED) is 0.239. The van der Waals surface area contributed by atoms with Crippen molar-refractivity contribution in [1.82, 2.24) is 16.0 Å². The second kappa shape index (κ2) is 19.7. The van der Waals surface area contributed by atoms with Crippen LogP contribution in [0.25, 0.3) is 0 Å². The number of allylic oxidation sites excluding steroid dienone is 3. The second-order valence-electron chi connectivity index (χ2n) is 7.01. The van der Waals surface area contributed by atoms with Gasteiger partial charge >= 0.3 is 11.8 Å². The van der Waals surface area contributed by atoms with Gasteiger partial charge in [0.2, 0.25) is 5.91 Å². The summed E-state index contributed by atoms with van der Waals surface area (Å²) in [5, 5.41) is 7.70. The van der Waals surface area contributed by atoms with Crippen molar-refractivity contribution in [3.63, 3.8) is 0 Å². The predicted molar refractivity (Wildman–Crippen MR) is 134 cm³/mol. The second-order valence-corrected chi connectivity index (χ2v) is 7.01. The molecule has 0 aliphatic carbocycles. The van der Waals surface area contributed by atoms with Crippen LogP contribution in [0.4, 0.5) is 0 Å². The van der Waals surface area contributed by atoms with Gasteiger partial charge in [0.05, 0.1) is 0 Å². The Bertz CT molecular complexity index is 773. The van der Waals surface area contributed by atoms with Crippen LogP contribution < -0.4 is 16.0 Å². The lowest BCUT2D eigenvalue weighted by atomic mass is 9.98. The zero-order valence-electron chi connectivity index (χ0n) is 20.8. The zero-order valence-corrected chi connectivity index (χ0v) is 20.8. The number of aryl methyl sites for hydroxylation is 2. The van der Waals surface area contributed by atoms with Gasteiger partial charge in [-0.1, -0.05) is 50.3 Å². The molecule has 0 saturated carbocycles. The fourth-order valence-electron chi connectivity index (χ4n) is 3.00. The third-order valence-corrected chi connectivity index (χ3v) is 4.62. The highest BCUT2D eigenvalue weighted by Crippen LogP contribution is 2.14. The Hall–Kier alpha value is -2.93. The first-order chi connectivity index (χ1) is 16.0. The number of carbonyl (C=O) groups excluding carboxylic acids is 3. The van der Waals surface area contributed by atoms with Crippen LogP contribution in [0.1, 0.15) is 58.1 Å². The van der Waals surface area contributed by atoms with Gasteiger partial charge in [-0.15, -0.1) is 0 Å². The SMILES string of the molecule is C/C=C\C(=C/C)NC(=O)COCCCc1ccccc1CCCCNC(=O)C(=O)NC.CC. The van der Waals surface area contributed by atoms with Crippen LogP contribution in [0, 0.1) is 0 Å². The molecule has 0 aliphatic heterocycles. The number of rotatable bonds is 13. The summed E-state index contributed by atoms with van der Waals surface area (Å²) >= 11 is 0. The predicted octanol–water partition coefficient (Wildman–Crippen LogP) is 3.44. The highest BCUT2D eigenvalue weighted by molar-refractivity contribution is 6.34. The molecule has 184 valence electrons. The van der Waals surface area contributed by atoms with E-state index in [-0.39, 0.29) is 12.5 Å². The van der Waals surface area contributed by atoms with E-state index in [1.807, 2.05) is 58.1 Å². The molecule has 0 aliphatic rings. The van der Waals surface area contributed by atoms with Gasteiger partial charge < -0.3 is 20.7 Å². The van der Waals surface area contributed by atoms with E-state index in [0.717, 1.165) is 37.8 Å². The first kappa shape index (κ1) is 30.1. The molecule has 3 amide bonds. The molecule has 7 nitrogen and oxygen atoms in total. The van der Waals surface area contributed by atoms with Gasteiger partial charge in [0, 0.05) is 25.9 Å². The Labute approximate surface area is 199 Å². The molecule has 33 heavy (non-hydrogen) atoms. The van der Waals surface area contributed by atoms with Gasteiger partial charge in [-0.25, -0.2) is 0 Å². The Kier molecular flexibility index (Phi) is 18.0. The standard InChI is InChI=1S/C24H35N3O4.C2H6/c1-4-11-21(5-2)27-22(28)18-31-17-10-15-20-13-7-6-12-19(20)14-8-9-16-26-24(30)23(29)25-3;1-2/h4-7,11-13H,8-10,14-18H2,1-3H3,(H,25,29)(H,26,30)(H,27,28);1-2H3/b11-4-,21-5+;. The van der Waals surface area contributed by atoms with E-state index in [9.17, 15) is 14.4 Å². The molecule has 0 fully saturated rings. The minimum absolute atomic E-state index is 0.0400. The smallest absolute Gasteiger partial charge is 0.309 e. The summed E-state index contributed by atoms with van der Waals surface area (Å²) in [6.07, 6.45) is 9.89. The Morgan fingerprint density at radius 2 is 1.58 bits per heavy atom. The van der Waals surface area contributed by atoms with Crippen molar-refractivity contribution in [3.8, 4) is 0 Å². The number of benzene rings is 1. The summed E-state index contributed by atoms with van der Waals surface area (Å²) in [5.41, 5.74) is 3.31. The van der Waals surface area contributed by atoms with Crippen molar-refractivity contribution in [1.29, 1.82) is 0 Å². The highest BCUT2D eigenvalue weighted by atomic mass is 16.5. The number of hydrogen-bond acceptors (Lipinski definition) is 4. The summed E-state index contributed by atoms with van der Waals surface area (Å²) < 4.78 is 5.51. The fourth-order valence-corrected chi connectivity index (χ4v) is 3.00. The maximum absolute atomic E-state index is 11.9. The van der Waals surface area contributed by atoms with Gasteiger partial charge in [0.15, 0.2) is 0 Å². The maximum Gasteiger partial charge on any atom is 0.309 e. The third-order valence-electron chi connectivity index (χ3n) is 4.62. The van der Waals surface area contributed by atoms with Crippen molar-refractivity contribution in [3.05, 3.63) is 59.3 Å². The van der Waals surface area contributed by atoms with Crippen molar-refractivity contribution in [2.75, 3.05) is 26.8 Å². The van der Waals surface area contributed by atoms with Crippen molar-refractivity contribution in [2.45, 2.75) is 59.8 Å². The average molecular weight is 460 g/mol. The van der Waals surface area contributed by atoms with E-state index in [4.69, 9.17) is 4.74 Å². The first-order valence-corrected chi connectivity index (χ1v) is 11.7. The molecule has 0 saturated heterocycles. The van der Waals surface area contributed by atoms with Gasteiger partial charge in [0.25, 0.3) is 0 Å². The Balaban J connectivity index is 0.00000497. The lowest BCUT2D eigenvalue weighted by molar-refractivity contribution is -0.138. The Morgan fingerprint density at radius 1 is 0.939 bits per heavy atom. The van der Waals surface area contributed by atoms with Gasteiger partial charge in [-0.05, 0) is 63.2 Å². The Morgan fingerprint density at radius 3 is 2.15 bits per heavy atom. The summed E-state index contributed by atoms with van der Waals surface area (Å²) in [7, 11) is 1.43. The highest BCUT2D eigenvalue weighted by Gasteiger charge is 2.09. The minimum atomic E-state index is -0.620. The number of hydrogen-bond donors (Lipinski definition) is 3. The van der Waals surface area contributed by atoms with Crippen LogP contribution in [0.3, 0.4) is 0 Å². The molecule has 3 N–H and O–H groups in total. The molecule has 0 heterocycles. The van der Waals surface area contributed by atoms with E-state index in [1.54, 1.807) is 0 Å². The molecule has 0 bridgehead atoms. The van der Waals surface area contributed by atoms with E-state index >= 15 is 0 Å². The average Bonchev–Trinajstić information content (AvgIpc) is 2.84. The summed E-state index contributed by atoms with van der Waals surface area (Å²) in [6.45, 7) is 8.80. The van der Waals surface area contributed by atoms with Gasteiger partial charge in [-0.2, -0.15) is 0 Å². The topological polar surface area (TPSA) is 96.5 Å². The van der Waals surface area contributed by atoms with E-state index in [0.29, 0.717) is 13.2 Å². The largest absolute Gasteiger partial charge is 0.372 e. The monoisotopic (exact) mass is 459 g/mol. The minimum Gasteiger partial charge on any atom is -0.372 e. The molecular formula is C26H41N3O4. The number of carbonyl (C=O) groups is 3. The van der Waals surface area contributed by atoms with E-state index in [1.165, 1.54) is 18.2 Å². The van der Waals surface area contributed by atoms with Gasteiger partial charge in [-0.3, -0.25) is 14.4 Å². The zero-order chi connectivity index (χ0) is 24.9. The van der Waals surface area contributed by atoms with Crippen LogP contribution in [-0.4, -0.2) is 44.5 Å². The molecule has 0 aromatic heterocycles. The number of unbranched alkanes of at least 4 members (excludes halogenated alkanes) is 1. The van der Waals surface area contributed by atoms with Crippen LogP contribution in [0.15, 0.2) is 48.2 Å². The number of amides is 3. The third kappa shape index (κ3) is 14.0. The maximum atomic E-state index is 11.9. The summed E-state index contributed by atoms with van der Waals surface area (Å²) in [6, 6.07) is 8.28. The van der Waals surface area contributed by atoms with E-state index < -0.39 is 11.8 Å². The first-order valence-electron chi connectivity index (χ1n) is 11.7. The van der Waals surface area contributed by atoms with Crippen LogP contribution in [0.2, 0.25) is 0 Å². The molecular weight excluding hydrogens is 418 g/mol. The van der Waals surface area contributed by atoms with Gasteiger partial charge in [0.1, 0.15) is 6.61 Å². The summed E-state index contributed by atoms with van der Waals surface area (Å²) in [5.74, 6) is -1.37. The van der Waals surface area contributed by atoms with Crippen LogP contribution in [-0.2, 0) is 32.0 Å². The molecule has 1 aromatic carbocycles.